The van der Waals surface area contributed by atoms with Gasteiger partial charge in [-0.1, -0.05) is 0 Å². The fourth-order valence-electron chi connectivity index (χ4n) is 3.88. The Morgan fingerprint density at radius 1 is 0.760 bits per heavy atom. The minimum atomic E-state index is -0.638. The molecule has 0 aliphatic carbocycles. The van der Waals surface area contributed by atoms with Gasteiger partial charge in [-0.25, -0.2) is 0 Å². The number of piperazine rings is 2. The summed E-state index contributed by atoms with van der Waals surface area (Å²) in [6.45, 7) is 12.2. The van der Waals surface area contributed by atoms with E-state index in [1.165, 1.54) is 84.7 Å². The van der Waals surface area contributed by atoms with Crippen molar-refractivity contribution in [1.82, 2.24) is 19.6 Å². The fraction of sp³-hybridized carbons (Fsp3) is 1.00. The van der Waals surface area contributed by atoms with Gasteiger partial charge in [-0.05, 0) is 58.8 Å². The van der Waals surface area contributed by atoms with E-state index >= 15 is 0 Å². The van der Waals surface area contributed by atoms with E-state index in [9.17, 15) is 4.21 Å². The highest BCUT2D eigenvalue weighted by Gasteiger charge is 2.18. The van der Waals surface area contributed by atoms with Crippen LogP contribution in [0.3, 0.4) is 0 Å². The van der Waals surface area contributed by atoms with Crippen molar-refractivity contribution in [2.24, 2.45) is 5.92 Å². The molecule has 1 atom stereocenters. The zero-order chi connectivity index (χ0) is 18.1. The van der Waals surface area contributed by atoms with E-state index in [4.69, 9.17) is 0 Å². The number of rotatable bonds is 10. The first-order valence-electron chi connectivity index (χ1n) is 10.1. The Balaban J connectivity index is 1.70. The highest BCUT2D eigenvalue weighted by atomic mass is 32.2. The molecule has 0 aromatic carbocycles. The third-order valence-corrected chi connectivity index (χ3v) is 6.81. The molecule has 2 aliphatic rings. The Morgan fingerprint density at radius 2 is 1.20 bits per heavy atom. The van der Waals surface area contributed by atoms with Crippen molar-refractivity contribution in [2.45, 2.75) is 25.7 Å². The van der Waals surface area contributed by atoms with Gasteiger partial charge in [0.25, 0.3) is 0 Å². The van der Waals surface area contributed by atoms with E-state index in [1.807, 2.05) is 6.26 Å². The molecule has 2 fully saturated rings. The van der Waals surface area contributed by atoms with Gasteiger partial charge >= 0.3 is 0 Å². The van der Waals surface area contributed by atoms with E-state index in [1.54, 1.807) is 0 Å². The van der Waals surface area contributed by atoms with Crippen LogP contribution in [0.25, 0.3) is 0 Å². The molecule has 2 saturated heterocycles. The smallest absolute Gasteiger partial charge is 0.0232 e. The number of hydrogen-bond acceptors (Lipinski definition) is 5. The summed E-state index contributed by atoms with van der Waals surface area (Å²) in [5.41, 5.74) is 0. The van der Waals surface area contributed by atoms with Crippen LogP contribution in [-0.2, 0) is 10.8 Å². The van der Waals surface area contributed by atoms with Gasteiger partial charge in [-0.3, -0.25) is 4.21 Å². The quantitative estimate of drug-likeness (QED) is 0.572. The van der Waals surface area contributed by atoms with E-state index in [0.717, 1.165) is 18.1 Å². The van der Waals surface area contributed by atoms with Crippen molar-refractivity contribution < 1.29 is 4.21 Å². The first-order chi connectivity index (χ1) is 12.0. The molecule has 0 aromatic heterocycles. The lowest BCUT2D eigenvalue weighted by atomic mass is 9.95. The molecule has 0 saturated carbocycles. The summed E-state index contributed by atoms with van der Waals surface area (Å²) in [7, 11) is 3.81. The van der Waals surface area contributed by atoms with Gasteiger partial charge in [0.1, 0.15) is 0 Å². The molecular weight excluding hydrogens is 332 g/mol. The van der Waals surface area contributed by atoms with E-state index in [-0.39, 0.29) is 0 Å². The maximum Gasteiger partial charge on any atom is 0.0232 e. The molecule has 0 spiro atoms. The second-order valence-electron chi connectivity index (χ2n) is 8.15. The minimum Gasteiger partial charge on any atom is -0.304 e. The van der Waals surface area contributed by atoms with Crippen molar-refractivity contribution in [3.63, 3.8) is 0 Å². The molecule has 1 unspecified atom stereocenters. The zero-order valence-corrected chi connectivity index (χ0v) is 17.6. The van der Waals surface area contributed by atoms with Crippen LogP contribution in [0.2, 0.25) is 0 Å². The highest BCUT2D eigenvalue weighted by Crippen LogP contribution is 2.18. The molecule has 0 N–H and O–H groups in total. The number of likely N-dealkylation sites (N-methyl/N-ethyl adjacent to an activating group) is 2. The maximum absolute atomic E-state index is 11.4. The molecule has 6 heteroatoms. The van der Waals surface area contributed by atoms with Gasteiger partial charge in [0.15, 0.2) is 0 Å². The van der Waals surface area contributed by atoms with Crippen molar-refractivity contribution in [3.8, 4) is 0 Å². The summed E-state index contributed by atoms with van der Waals surface area (Å²) >= 11 is 0. The lowest BCUT2D eigenvalue weighted by Gasteiger charge is -2.34. The molecule has 2 heterocycles. The van der Waals surface area contributed by atoms with Crippen LogP contribution in [0.1, 0.15) is 25.7 Å². The number of nitrogens with zero attached hydrogens (tertiary/aromatic N) is 4. The molecule has 25 heavy (non-hydrogen) atoms. The lowest BCUT2D eigenvalue weighted by molar-refractivity contribution is 0.131. The fourth-order valence-corrected chi connectivity index (χ4v) is 4.45. The highest BCUT2D eigenvalue weighted by molar-refractivity contribution is 7.84. The zero-order valence-electron chi connectivity index (χ0n) is 16.8. The van der Waals surface area contributed by atoms with Gasteiger partial charge < -0.3 is 19.6 Å². The average Bonchev–Trinajstić information content (AvgIpc) is 2.59. The van der Waals surface area contributed by atoms with Gasteiger partial charge in [0.05, 0.1) is 0 Å². The largest absolute Gasteiger partial charge is 0.304 e. The molecule has 148 valence electrons. The predicted molar refractivity (Wildman–Crippen MR) is 109 cm³/mol. The summed E-state index contributed by atoms with van der Waals surface area (Å²) in [6, 6.07) is 0. The number of hydrogen-bond donors (Lipinski definition) is 0. The van der Waals surface area contributed by atoms with Gasteiger partial charge in [0, 0.05) is 75.2 Å². The van der Waals surface area contributed by atoms with Crippen molar-refractivity contribution in [2.75, 3.05) is 91.6 Å². The minimum absolute atomic E-state index is 0.638. The van der Waals surface area contributed by atoms with Crippen LogP contribution >= 0.6 is 0 Å². The average molecular weight is 373 g/mol. The van der Waals surface area contributed by atoms with E-state index in [2.05, 4.69) is 33.7 Å². The van der Waals surface area contributed by atoms with Crippen LogP contribution in [-0.4, -0.2) is 115 Å². The lowest BCUT2D eigenvalue weighted by Crippen LogP contribution is -2.45. The van der Waals surface area contributed by atoms with Crippen LogP contribution in [0, 0.1) is 5.92 Å². The third kappa shape index (κ3) is 8.96. The Kier molecular flexibility index (Phi) is 9.92. The first kappa shape index (κ1) is 21.3. The standard InChI is InChI=1S/C19H40N4OS/c1-20-10-14-22(15-11-20)8-6-19(5-4-18-25(3)24)7-9-23-16-12-21(2)13-17-23/h19H,4-18H2,1-3H3. The molecule has 2 rings (SSSR count). The molecule has 0 amide bonds. The summed E-state index contributed by atoms with van der Waals surface area (Å²) in [5.74, 6) is 1.67. The molecule has 0 bridgehead atoms. The van der Waals surface area contributed by atoms with Gasteiger partial charge in [0.2, 0.25) is 0 Å². The Labute approximate surface area is 158 Å². The van der Waals surface area contributed by atoms with E-state index < -0.39 is 10.8 Å². The van der Waals surface area contributed by atoms with Crippen LogP contribution in [0.15, 0.2) is 0 Å². The molecular formula is C19H40N4OS. The predicted octanol–water partition coefficient (Wildman–Crippen LogP) is 1.04. The van der Waals surface area contributed by atoms with Crippen LogP contribution in [0.5, 0.6) is 0 Å². The Bertz CT molecular complexity index is 354. The SMILES string of the molecule is CN1CCN(CCC(CCCS(C)=O)CCN2CCN(C)CC2)CC1. The second kappa shape index (κ2) is 11.7. The summed E-state index contributed by atoms with van der Waals surface area (Å²) in [4.78, 5) is 10.1. The van der Waals surface area contributed by atoms with Crippen molar-refractivity contribution >= 4 is 10.8 Å². The normalized spacial score (nSPS) is 23.4. The van der Waals surface area contributed by atoms with E-state index in [0.29, 0.717) is 0 Å². The van der Waals surface area contributed by atoms with Crippen LogP contribution in [0.4, 0.5) is 0 Å². The summed E-state index contributed by atoms with van der Waals surface area (Å²) < 4.78 is 11.4. The first-order valence-corrected chi connectivity index (χ1v) is 11.9. The molecule has 2 aliphatic heterocycles. The van der Waals surface area contributed by atoms with Crippen molar-refractivity contribution in [3.05, 3.63) is 0 Å². The van der Waals surface area contributed by atoms with Gasteiger partial charge in [-0.2, -0.15) is 0 Å². The van der Waals surface area contributed by atoms with Gasteiger partial charge in [-0.15, -0.1) is 0 Å². The van der Waals surface area contributed by atoms with Crippen molar-refractivity contribution in [1.29, 1.82) is 0 Å². The topological polar surface area (TPSA) is 30.0 Å². The third-order valence-electron chi connectivity index (χ3n) is 5.94. The maximum atomic E-state index is 11.4. The molecule has 5 nitrogen and oxygen atoms in total. The Hall–Kier alpha value is -0.0100. The molecule has 0 radical (unpaired) electrons. The van der Waals surface area contributed by atoms with Crippen LogP contribution < -0.4 is 0 Å². The monoisotopic (exact) mass is 372 g/mol. The Morgan fingerprint density at radius 3 is 1.60 bits per heavy atom. The second-order valence-corrected chi connectivity index (χ2v) is 9.71. The summed E-state index contributed by atoms with van der Waals surface area (Å²) in [5, 5.41) is 0. The molecule has 0 aromatic rings. The summed E-state index contributed by atoms with van der Waals surface area (Å²) in [6.07, 6.45) is 6.84.